The van der Waals surface area contributed by atoms with Gasteiger partial charge in [0.05, 0.1) is 12.6 Å². The summed E-state index contributed by atoms with van der Waals surface area (Å²) in [6.07, 6.45) is -0.0201. The summed E-state index contributed by atoms with van der Waals surface area (Å²) in [5, 5.41) is 6.55. The van der Waals surface area contributed by atoms with Crippen LogP contribution in [0.5, 0.6) is 5.75 Å². The SMILES string of the molecule is O=C(N[C@@H]1CCCOc2cc(F)ccc21)c1ccnn1CC(F)F. The first kappa shape index (κ1) is 16.4. The van der Waals surface area contributed by atoms with Crippen LogP contribution in [0.2, 0.25) is 0 Å². The number of rotatable bonds is 4. The fraction of sp³-hybridized carbons (Fsp3) is 0.375. The van der Waals surface area contributed by atoms with Crippen LogP contribution in [-0.4, -0.2) is 28.7 Å². The fourth-order valence-corrected chi connectivity index (χ4v) is 2.73. The minimum Gasteiger partial charge on any atom is -0.493 e. The van der Waals surface area contributed by atoms with E-state index < -0.39 is 24.7 Å². The van der Waals surface area contributed by atoms with E-state index >= 15 is 0 Å². The molecule has 2 heterocycles. The van der Waals surface area contributed by atoms with Crippen LogP contribution < -0.4 is 10.1 Å². The third kappa shape index (κ3) is 3.52. The van der Waals surface area contributed by atoms with Gasteiger partial charge in [-0.15, -0.1) is 0 Å². The van der Waals surface area contributed by atoms with Crippen molar-refractivity contribution in [3.63, 3.8) is 0 Å². The van der Waals surface area contributed by atoms with Gasteiger partial charge in [-0.2, -0.15) is 5.10 Å². The van der Waals surface area contributed by atoms with Gasteiger partial charge in [-0.25, -0.2) is 13.2 Å². The molecule has 2 aromatic rings. The van der Waals surface area contributed by atoms with E-state index in [4.69, 9.17) is 4.74 Å². The molecular weight excluding hydrogens is 323 g/mol. The summed E-state index contributed by atoms with van der Waals surface area (Å²) < 4.78 is 44.9. The number of nitrogens with zero attached hydrogens (tertiary/aromatic N) is 2. The molecule has 0 radical (unpaired) electrons. The van der Waals surface area contributed by atoms with E-state index in [-0.39, 0.29) is 11.7 Å². The van der Waals surface area contributed by atoms with Gasteiger partial charge >= 0.3 is 0 Å². The lowest BCUT2D eigenvalue weighted by Crippen LogP contribution is -2.31. The number of hydrogen-bond acceptors (Lipinski definition) is 3. The molecule has 0 unspecified atom stereocenters. The molecule has 0 bridgehead atoms. The Hall–Kier alpha value is -2.51. The van der Waals surface area contributed by atoms with Gasteiger partial charge in [0.1, 0.15) is 23.8 Å². The van der Waals surface area contributed by atoms with Gasteiger partial charge in [0.25, 0.3) is 12.3 Å². The van der Waals surface area contributed by atoms with Crippen molar-refractivity contribution in [3.05, 3.63) is 47.5 Å². The highest BCUT2D eigenvalue weighted by Gasteiger charge is 2.24. The van der Waals surface area contributed by atoms with Gasteiger partial charge in [0.15, 0.2) is 0 Å². The molecule has 1 atom stereocenters. The Kier molecular flexibility index (Phi) is 4.73. The van der Waals surface area contributed by atoms with Crippen molar-refractivity contribution in [2.75, 3.05) is 6.61 Å². The molecule has 1 amide bonds. The third-order valence-corrected chi connectivity index (χ3v) is 3.81. The molecule has 1 aliphatic heterocycles. The molecule has 0 saturated heterocycles. The predicted molar refractivity (Wildman–Crippen MR) is 79.6 cm³/mol. The van der Waals surface area contributed by atoms with Crippen molar-refractivity contribution in [2.24, 2.45) is 0 Å². The minimum atomic E-state index is -2.61. The second-order valence-corrected chi connectivity index (χ2v) is 5.49. The lowest BCUT2D eigenvalue weighted by molar-refractivity contribution is 0.0905. The molecular formula is C16H16F3N3O2. The highest BCUT2D eigenvalue weighted by atomic mass is 19.3. The van der Waals surface area contributed by atoms with Gasteiger partial charge in [-0.05, 0) is 25.0 Å². The zero-order valence-electron chi connectivity index (χ0n) is 12.7. The smallest absolute Gasteiger partial charge is 0.270 e. The van der Waals surface area contributed by atoms with E-state index in [9.17, 15) is 18.0 Å². The average molecular weight is 339 g/mol. The van der Waals surface area contributed by atoms with Crippen LogP contribution in [0.25, 0.3) is 0 Å². The van der Waals surface area contributed by atoms with E-state index in [0.29, 0.717) is 30.8 Å². The van der Waals surface area contributed by atoms with Crippen LogP contribution in [0.4, 0.5) is 13.2 Å². The summed E-state index contributed by atoms with van der Waals surface area (Å²) in [7, 11) is 0. The zero-order chi connectivity index (χ0) is 17.1. The summed E-state index contributed by atoms with van der Waals surface area (Å²) >= 11 is 0. The average Bonchev–Trinajstić information content (AvgIpc) is 2.89. The number of hydrogen-bond donors (Lipinski definition) is 1. The normalized spacial score (nSPS) is 17.1. The Morgan fingerprint density at radius 2 is 2.25 bits per heavy atom. The number of halogens is 3. The standard InChI is InChI=1S/C16H16F3N3O2/c17-10-3-4-11-12(2-1-7-24-14(11)8-10)21-16(23)13-5-6-20-22(13)9-15(18)19/h3-6,8,12,15H,1-2,7,9H2,(H,21,23)/t12-/m1/s1. The monoisotopic (exact) mass is 339 g/mol. The fourth-order valence-electron chi connectivity index (χ4n) is 2.73. The van der Waals surface area contributed by atoms with Gasteiger partial charge in [-0.3, -0.25) is 9.48 Å². The molecule has 1 N–H and O–H groups in total. The lowest BCUT2D eigenvalue weighted by Gasteiger charge is -2.18. The summed E-state index contributed by atoms with van der Waals surface area (Å²) in [5.74, 6) is -0.537. The Labute approximate surface area is 136 Å². The van der Waals surface area contributed by atoms with E-state index in [1.807, 2.05) is 0 Å². The summed E-state index contributed by atoms with van der Waals surface area (Å²) in [6.45, 7) is -0.225. The molecule has 5 nitrogen and oxygen atoms in total. The van der Waals surface area contributed by atoms with Crippen molar-refractivity contribution in [1.82, 2.24) is 15.1 Å². The van der Waals surface area contributed by atoms with Gasteiger partial charge < -0.3 is 10.1 Å². The highest BCUT2D eigenvalue weighted by Crippen LogP contribution is 2.32. The third-order valence-electron chi connectivity index (χ3n) is 3.81. The molecule has 0 aliphatic carbocycles. The number of carbonyl (C=O) groups excluding carboxylic acids is 1. The van der Waals surface area contributed by atoms with Crippen molar-refractivity contribution in [2.45, 2.75) is 31.9 Å². The highest BCUT2D eigenvalue weighted by molar-refractivity contribution is 5.92. The maximum Gasteiger partial charge on any atom is 0.270 e. The van der Waals surface area contributed by atoms with Crippen LogP contribution >= 0.6 is 0 Å². The second kappa shape index (κ2) is 6.94. The predicted octanol–water partition coefficient (Wildman–Crippen LogP) is 2.93. The summed E-state index contributed by atoms with van der Waals surface area (Å²) in [5.41, 5.74) is 0.728. The summed E-state index contributed by atoms with van der Waals surface area (Å²) in [4.78, 5) is 12.4. The first-order valence-electron chi connectivity index (χ1n) is 7.57. The van der Waals surface area contributed by atoms with E-state index in [1.165, 1.54) is 24.4 Å². The Balaban J connectivity index is 1.81. The number of benzene rings is 1. The van der Waals surface area contributed by atoms with Gasteiger partial charge in [0.2, 0.25) is 0 Å². The Morgan fingerprint density at radius 1 is 1.42 bits per heavy atom. The van der Waals surface area contributed by atoms with E-state index in [1.54, 1.807) is 6.07 Å². The summed E-state index contributed by atoms with van der Waals surface area (Å²) in [6, 6.07) is 5.15. The maximum absolute atomic E-state index is 13.4. The first-order valence-corrected chi connectivity index (χ1v) is 7.57. The number of aromatic nitrogens is 2. The molecule has 0 saturated carbocycles. The van der Waals surface area contributed by atoms with Crippen LogP contribution in [-0.2, 0) is 6.54 Å². The molecule has 1 aliphatic rings. The topological polar surface area (TPSA) is 56.1 Å². The van der Waals surface area contributed by atoms with Crippen molar-refractivity contribution in [1.29, 1.82) is 0 Å². The number of carbonyl (C=O) groups is 1. The van der Waals surface area contributed by atoms with Gasteiger partial charge in [0, 0.05) is 17.8 Å². The number of fused-ring (bicyclic) bond motifs is 1. The van der Waals surface area contributed by atoms with Crippen LogP contribution in [0.15, 0.2) is 30.5 Å². The second-order valence-electron chi connectivity index (χ2n) is 5.49. The van der Waals surface area contributed by atoms with Crippen molar-refractivity contribution >= 4 is 5.91 Å². The molecule has 24 heavy (non-hydrogen) atoms. The molecule has 3 rings (SSSR count). The number of nitrogens with one attached hydrogen (secondary N) is 1. The van der Waals surface area contributed by atoms with Gasteiger partial charge in [-0.1, -0.05) is 6.07 Å². The minimum absolute atomic E-state index is 0.0594. The largest absolute Gasteiger partial charge is 0.493 e. The van der Waals surface area contributed by atoms with Crippen LogP contribution in [0.1, 0.15) is 34.9 Å². The number of alkyl halides is 2. The molecule has 128 valence electrons. The van der Waals surface area contributed by atoms with Crippen molar-refractivity contribution in [3.8, 4) is 5.75 Å². The zero-order valence-corrected chi connectivity index (χ0v) is 12.7. The molecule has 1 aromatic heterocycles. The number of amides is 1. The Bertz CT molecular complexity index is 733. The quantitative estimate of drug-likeness (QED) is 0.932. The first-order chi connectivity index (χ1) is 11.5. The number of ether oxygens (including phenoxy) is 1. The van der Waals surface area contributed by atoms with E-state index in [2.05, 4.69) is 10.4 Å². The van der Waals surface area contributed by atoms with Crippen LogP contribution in [0.3, 0.4) is 0 Å². The molecule has 0 fully saturated rings. The van der Waals surface area contributed by atoms with Crippen LogP contribution in [0, 0.1) is 5.82 Å². The maximum atomic E-state index is 13.4. The van der Waals surface area contributed by atoms with E-state index in [0.717, 1.165) is 4.68 Å². The molecule has 1 aromatic carbocycles. The Morgan fingerprint density at radius 3 is 3.04 bits per heavy atom. The van der Waals surface area contributed by atoms with Crippen molar-refractivity contribution < 1.29 is 22.7 Å². The molecule has 0 spiro atoms. The molecule has 8 heteroatoms. The lowest BCUT2D eigenvalue weighted by atomic mass is 10.0.